The normalized spacial score (nSPS) is 10.1. The molecule has 1 heterocycles. The van der Waals surface area contributed by atoms with Crippen molar-refractivity contribution in [1.82, 2.24) is 4.98 Å². The van der Waals surface area contributed by atoms with Crippen molar-refractivity contribution in [3.05, 3.63) is 29.5 Å². The van der Waals surface area contributed by atoms with Crippen LogP contribution in [0.2, 0.25) is 0 Å². The zero-order valence-corrected chi connectivity index (χ0v) is 11.7. The van der Waals surface area contributed by atoms with Crippen LogP contribution < -0.4 is 10.1 Å². The van der Waals surface area contributed by atoms with E-state index in [1.807, 2.05) is 13.8 Å². The van der Waals surface area contributed by atoms with Gasteiger partial charge in [0, 0.05) is 24.6 Å². The van der Waals surface area contributed by atoms with Crippen molar-refractivity contribution >= 4 is 22.5 Å². The van der Waals surface area contributed by atoms with Crippen molar-refractivity contribution in [2.24, 2.45) is 0 Å². The number of benzene rings is 1. The maximum atomic E-state index is 11.3. The Morgan fingerprint density at radius 1 is 1.50 bits per heavy atom. The molecule has 0 spiro atoms. The lowest BCUT2D eigenvalue weighted by Gasteiger charge is -2.13. The Kier molecular flexibility index (Phi) is 3.85. The summed E-state index contributed by atoms with van der Waals surface area (Å²) in [6, 6.07) is 5.68. The summed E-state index contributed by atoms with van der Waals surface area (Å²) < 4.78 is 5.52. The number of nitrogens with zero attached hydrogens (tertiary/aromatic N) is 2. The van der Waals surface area contributed by atoms with E-state index in [9.17, 15) is 4.79 Å². The van der Waals surface area contributed by atoms with Crippen LogP contribution in [-0.4, -0.2) is 17.5 Å². The van der Waals surface area contributed by atoms with Gasteiger partial charge >= 0.3 is 0 Å². The van der Waals surface area contributed by atoms with Gasteiger partial charge in [0.15, 0.2) is 0 Å². The summed E-state index contributed by atoms with van der Waals surface area (Å²) in [6.45, 7) is 5.67. The molecule has 0 aliphatic carbocycles. The van der Waals surface area contributed by atoms with Gasteiger partial charge in [-0.15, -0.1) is 0 Å². The molecule has 5 heteroatoms. The zero-order valence-electron chi connectivity index (χ0n) is 11.7. The van der Waals surface area contributed by atoms with E-state index in [2.05, 4.69) is 16.4 Å². The lowest BCUT2D eigenvalue weighted by Crippen LogP contribution is -2.08. The van der Waals surface area contributed by atoms with Crippen molar-refractivity contribution in [2.45, 2.75) is 20.8 Å². The molecule has 0 aliphatic rings. The highest BCUT2D eigenvalue weighted by molar-refractivity contribution is 5.96. The van der Waals surface area contributed by atoms with Gasteiger partial charge in [0.2, 0.25) is 5.91 Å². The fraction of sp³-hybridized carbons (Fsp3) is 0.267. The molecule has 1 aromatic carbocycles. The number of carbonyl (C=O) groups excluding carboxylic acids is 1. The first kappa shape index (κ1) is 13.8. The number of fused-ring (bicyclic) bond motifs is 1. The number of nitriles is 1. The lowest BCUT2D eigenvalue weighted by atomic mass is 10.0. The van der Waals surface area contributed by atoms with Crippen LogP contribution in [0, 0.1) is 18.3 Å². The van der Waals surface area contributed by atoms with Gasteiger partial charge in [-0.3, -0.25) is 9.78 Å². The lowest BCUT2D eigenvalue weighted by molar-refractivity contribution is -0.114. The van der Waals surface area contributed by atoms with Crippen molar-refractivity contribution in [3.8, 4) is 11.8 Å². The number of hydrogen-bond acceptors (Lipinski definition) is 4. The fourth-order valence-corrected chi connectivity index (χ4v) is 2.03. The fourth-order valence-electron chi connectivity index (χ4n) is 2.03. The summed E-state index contributed by atoms with van der Waals surface area (Å²) in [5, 5.41) is 12.6. The Morgan fingerprint density at radius 3 is 2.85 bits per heavy atom. The third-order valence-corrected chi connectivity index (χ3v) is 2.97. The molecule has 0 unspecified atom stereocenters. The molecule has 0 atom stereocenters. The van der Waals surface area contributed by atoms with Crippen LogP contribution in [0.5, 0.6) is 5.75 Å². The maximum absolute atomic E-state index is 11.3. The molecule has 20 heavy (non-hydrogen) atoms. The highest BCUT2D eigenvalue weighted by Gasteiger charge is 2.11. The molecule has 0 fully saturated rings. The number of aromatic nitrogens is 1. The first-order valence-corrected chi connectivity index (χ1v) is 6.30. The Balaban J connectivity index is 2.68. The largest absolute Gasteiger partial charge is 0.492 e. The minimum absolute atomic E-state index is 0.174. The predicted octanol–water partition coefficient (Wildman–Crippen LogP) is 2.77. The minimum atomic E-state index is -0.174. The molecule has 0 aliphatic heterocycles. The number of nitrogens with one attached hydrogen (secondary N) is 1. The second-order valence-corrected chi connectivity index (χ2v) is 4.39. The number of pyridine rings is 1. The molecule has 0 saturated heterocycles. The van der Waals surface area contributed by atoms with Crippen LogP contribution in [-0.2, 0) is 4.79 Å². The Labute approximate surface area is 117 Å². The zero-order chi connectivity index (χ0) is 14.7. The Hall–Kier alpha value is -2.61. The van der Waals surface area contributed by atoms with Gasteiger partial charge in [-0.25, -0.2) is 0 Å². The van der Waals surface area contributed by atoms with Crippen LogP contribution in [0.1, 0.15) is 25.0 Å². The Bertz CT molecular complexity index is 717. The molecule has 2 rings (SSSR count). The van der Waals surface area contributed by atoms with Gasteiger partial charge < -0.3 is 10.1 Å². The van der Waals surface area contributed by atoms with Gasteiger partial charge in [0.25, 0.3) is 0 Å². The molecule has 1 aromatic heterocycles. The van der Waals surface area contributed by atoms with E-state index in [0.717, 1.165) is 16.5 Å². The van der Waals surface area contributed by atoms with Gasteiger partial charge in [-0.1, -0.05) is 0 Å². The maximum Gasteiger partial charge on any atom is 0.221 e. The average Bonchev–Trinajstić information content (AvgIpc) is 2.40. The Morgan fingerprint density at radius 2 is 2.25 bits per heavy atom. The molecular weight excluding hydrogens is 254 g/mol. The molecule has 5 nitrogen and oxygen atoms in total. The highest BCUT2D eigenvalue weighted by Crippen LogP contribution is 2.32. The summed E-state index contributed by atoms with van der Waals surface area (Å²) in [6.07, 6.45) is 1.55. The van der Waals surface area contributed by atoms with Crippen molar-refractivity contribution in [1.29, 1.82) is 5.26 Å². The molecule has 102 valence electrons. The third-order valence-electron chi connectivity index (χ3n) is 2.97. The summed E-state index contributed by atoms with van der Waals surface area (Å²) in [5.74, 6) is 0.402. The standard InChI is InChI=1S/C15H15N3O2/c1-4-20-15-6-13-12(5-14(15)18-10(3)19)9(2)11(7-16)8-17-13/h5-6,8H,4H2,1-3H3,(H,18,19). The number of anilines is 1. The topological polar surface area (TPSA) is 75.0 Å². The second kappa shape index (κ2) is 5.57. The van der Waals surface area contributed by atoms with Crippen molar-refractivity contribution in [2.75, 3.05) is 11.9 Å². The molecule has 1 amide bonds. The molecular formula is C15H15N3O2. The predicted molar refractivity (Wildman–Crippen MR) is 76.7 cm³/mol. The number of aryl methyl sites for hydroxylation is 1. The second-order valence-electron chi connectivity index (χ2n) is 4.39. The van der Waals surface area contributed by atoms with Gasteiger partial charge in [-0.05, 0) is 25.5 Å². The van der Waals surface area contributed by atoms with E-state index < -0.39 is 0 Å². The van der Waals surface area contributed by atoms with Crippen LogP contribution >= 0.6 is 0 Å². The molecule has 2 aromatic rings. The number of amides is 1. The van der Waals surface area contributed by atoms with Crippen LogP contribution in [0.15, 0.2) is 18.3 Å². The van der Waals surface area contributed by atoms with Gasteiger partial charge in [-0.2, -0.15) is 5.26 Å². The van der Waals surface area contributed by atoms with Crippen molar-refractivity contribution < 1.29 is 9.53 Å². The van der Waals surface area contributed by atoms with E-state index in [1.54, 1.807) is 18.3 Å². The smallest absolute Gasteiger partial charge is 0.221 e. The number of carbonyl (C=O) groups is 1. The van der Waals surface area contributed by atoms with E-state index >= 15 is 0 Å². The van der Waals surface area contributed by atoms with Crippen LogP contribution in [0.3, 0.4) is 0 Å². The molecule has 0 saturated carbocycles. The first-order valence-electron chi connectivity index (χ1n) is 6.30. The van der Waals surface area contributed by atoms with E-state index in [-0.39, 0.29) is 5.91 Å². The minimum Gasteiger partial charge on any atom is -0.492 e. The summed E-state index contributed by atoms with van der Waals surface area (Å²) in [7, 11) is 0. The highest BCUT2D eigenvalue weighted by atomic mass is 16.5. The van der Waals surface area contributed by atoms with Gasteiger partial charge in [0.1, 0.15) is 11.8 Å². The summed E-state index contributed by atoms with van der Waals surface area (Å²) in [5.41, 5.74) is 2.69. The van der Waals surface area contributed by atoms with E-state index in [0.29, 0.717) is 23.6 Å². The molecule has 0 bridgehead atoms. The van der Waals surface area contributed by atoms with Gasteiger partial charge in [0.05, 0.1) is 23.4 Å². The van der Waals surface area contributed by atoms with Crippen LogP contribution in [0.25, 0.3) is 10.9 Å². The third kappa shape index (κ3) is 2.54. The molecule has 0 radical (unpaired) electrons. The number of hydrogen-bond donors (Lipinski definition) is 1. The number of ether oxygens (including phenoxy) is 1. The first-order chi connectivity index (χ1) is 9.56. The summed E-state index contributed by atoms with van der Waals surface area (Å²) in [4.78, 5) is 15.5. The van der Waals surface area contributed by atoms with E-state index in [4.69, 9.17) is 10.00 Å². The van der Waals surface area contributed by atoms with Crippen LogP contribution in [0.4, 0.5) is 5.69 Å². The number of rotatable bonds is 3. The SMILES string of the molecule is CCOc1cc2ncc(C#N)c(C)c2cc1NC(C)=O. The average molecular weight is 269 g/mol. The van der Waals surface area contributed by atoms with Crippen molar-refractivity contribution in [3.63, 3.8) is 0 Å². The molecule has 1 N–H and O–H groups in total. The monoisotopic (exact) mass is 269 g/mol. The quantitative estimate of drug-likeness (QED) is 0.929. The summed E-state index contributed by atoms with van der Waals surface area (Å²) >= 11 is 0. The van der Waals surface area contributed by atoms with E-state index in [1.165, 1.54) is 6.92 Å².